The zero-order valence-electron chi connectivity index (χ0n) is 7.90. The Bertz CT molecular complexity index is 236. The van der Waals surface area contributed by atoms with Crippen molar-refractivity contribution in [3.8, 4) is 0 Å². The fourth-order valence-corrected chi connectivity index (χ4v) is 1.03. The van der Waals surface area contributed by atoms with Crippen molar-refractivity contribution in [3.63, 3.8) is 0 Å². The van der Waals surface area contributed by atoms with Crippen LogP contribution in [0, 0.1) is 0 Å². The van der Waals surface area contributed by atoms with Crippen molar-refractivity contribution in [3.05, 3.63) is 12.2 Å². The van der Waals surface area contributed by atoms with E-state index in [-0.39, 0.29) is 6.61 Å². The van der Waals surface area contributed by atoms with Crippen molar-refractivity contribution in [2.45, 2.75) is 19.4 Å². The SMILES string of the molecule is Cn1cnc(CNCCCCO)n1. The monoisotopic (exact) mass is 184 g/mol. The molecule has 0 bridgehead atoms. The number of aliphatic hydroxyl groups is 1. The van der Waals surface area contributed by atoms with Crippen LogP contribution in [0.4, 0.5) is 0 Å². The Morgan fingerprint density at radius 1 is 1.54 bits per heavy atom. The average molecular weight is 184 g/mol. The van der Waals surface area contributed by atoms with Crippen molar-refractivity contribution in [2.75, 3.05) is 13.2 Å². The summed E-state index contributed by atoms with van der Waals surface area (Å²) in [5.41, 5.74) is 0. The van der Waals surface area contributed by atoms with Gasteiger partial charge < -0.3 is 10.4 Å². The van der Waals surface area contributed by atoms with Gasteiger partial charge in [-0.25, -0.2) is 4.98 Å². The number of aryl methyl sites for hydroxylation is 1. The maximum absolute atomic E-state index is 8.53. The summed E-state index contributed by atoms with van der Waals surface area (Å²) >= 11 is 0. The molecule has 0 aliphatic carbocycles. The highest BCUT2D eigenvalue weighted by molar-refractivity contribution is 4.79. The number of unbranched alkanes of at least 4 members (excludes halogenated alkanes) is 1. The Morgan fingerprint density at radius 2 is 2.38 bits per heavy atom. The third-order valence-corrected chi connectivity index (χ3v) is 1.69. The molecule has 1 aromatic rings. The second kappa shape index (κ2) is 5.66. The number of nitrogens with one attached hydrogen (secondary N) is 1. The minimum Gasteiger partial charge on any atom is -0.396 e. The van der Waals surface area contributed by atoms with Crippen LogP contribution in [-0.2, 0) is 13.6 Å². The van der Waals surface area contributed by atoms with Gasteiger partial charge in [0.15, 0.2) is 5.82 Å². The Morgan fingerprint density at radius 3 is 3.00 bits per heavy atom. The minimum atomic E-state index is 0.267. The summed E-state index contributed by atoms with van der Waals surface area (Å²) in [7, 11) is 1.85. The standard InChI is InChI=1S/C8H16N4O/c1-12-7-10-8(11-12)6-9-4-2-3-5-13/h7,9,13H,2-6H2,1H3. The highest BCUT2D eigenvalue weighted by Gasteiger charge is 1.96. The van der Waals surface area contributed by atoms with Crippen LogP contribution < -0.4 is 5.32 Å². The molecule has 0 saturated heterocycles. The molecule has 13 heavy (non-hydrogen) atoms. The first-order valence-electron chi connectivity index (χ1n) is 4.49. The maximum Gasteiger partial charge on any atom is 0.164 e. The predicted molar refractivity (Wildman–Crippen MR) is 49.0 cm³/mol. The third-order valence-electron chi connectivity index (χ3n) is 1.69. The summed E-state index contributed by atoms with van der Waals surface area (Å²) in [6.45, 7) is 1.87. The number of hydrogen-bond acceptors (Lipinski definition) is 4. The molecule has 0 atom stereocenters. The Labute approximate surface area is 77.8 Å². The highest BCUT2D eigenvalue weighted by atomic mass is 16.2. The van der Waals surface area contributed by atoms with Crippen LogP contribution in [-0.4, -0.2) is 33.0 Å². The van der Waals surface area contributed by atoms with Crippen LogP contribution in [0.3, 0.4) is 0 Å². The van der Waals surface area contributed by atoms with E-state index in [9.17, 15) is 0 Å². The van der Waals surface area contributed by atoms with E-state index in [2.05, 4.69) is 15.4 Å². The molecule has 5 heteroatoms. The van der Waals surface area contributed by atoms with Gasteiger partial charge in [0, 0.05) is 13.7 Å². The van der Waals surface area contributed by atoms with Crippen LogP contribution in [0.5, 0.6) is 0 Å². The van der Waals surface area contributed by atoms with Crippen LogP contribution in [0.2, 0.25) is 0 Å². The van der Waals surface area contributed by atoms with E-state index in [0.29, 0.717) is 6.54 Å². The first kappa shape index (κ1) is 10.1. The van der Waals surface area contributed by atoms with Crippen LogP contribution >= 0.6 is 0 Å². The quantitative estimate of drug-likeness (QED) is 0.595. The van der Waals surface area contributed by atoms with Gasteiger partial charge >= 0.3 is 0 Å². The molecule has 0 aliphatic rings. The number of aromatic nitrogens is 3. The fourth-order valence-electron chi connectivity index (χ4n) is 1.03. The van der Waals surface area contributed by atoms with Gasteiger partial charge in [0.1, 0.15) is 6.33 Å². The highest BCUT2D eigenvalue weighted by Crippen LogP contribution is 1.88. The molecule has 5 nitrogen and oxygen atoms in total. The molecule has 1 rings (SSSR count). The summed E-state index contributed by atoms with van der Waals surface area (Å²) in [4.78, 5) is 4.07. The number of nitrogens with zero attached hydrogens (tertiary/aromatic N) is 3. The lowest BCUT2D eigenvalue weighted by Crippen LogP contribution is -2.16. The van der Waals surface area contributed by atoms with E-state index in [1.54, 1.807) is 11.0 Å². The number of hydrogen-bond donors (Lipinski definition) is 2. The zero-order valence-corrected chi connectivity index (χ0v) is 7.90. The van der Waals surface area contributed by atoms with E-state index in [4.69, 9.17) is 5.11 Å². The minimum absolute atomic E-state index is 0.267. The molecule has 0 radical (unpaired) electrons. The van der Waals surface area contributed by atoms with Gasteiger partial charge in [0.05, 0.1) is 6.54 Å². The van der Waals surface area contributed by atoms with Gasteiger partial charge in [0.25, 0.3) is 0 Å². The van der Waals surface area contributed by atoms with Crippen LogP contribution in [0.1, 0.15) is 18.7 Å². The molecule has 2 N–H and O–H groups in total. The van der Waals surface area contributed by atoms with Gasteiger partial charge in [0.2, 0.25) is 0 Å². The molecular weight excluding hydrogens is 168 g/mol. The van der Waals surface area contributed by atoms with Crippen LogP contribution in [0.25, 0.3) is 0 Å². The van der Waals surface area contributed by atoms with Gasteiger partial charge in [-0.15, -0.1) is 0 Å². The number of aliphatic hydroxyl groups excluding tert-OH is 1. The van der Waals surface area contributed by atoms with Gasteiger partial charge in [-0.05, 0) is 19.4 Å². The summed E-state index contributed by atoms with van der Waals surface area (Å²) in [5, 5.41) is 15.9. The lowest BCUT2D eigenvalue weighted by molar-refractivity contribution is 0.283. The summed E-state index contributed by atoms with van der Waals surface area (Å²) in [6, 6.07) is 0. The van der Waals surface area contributed by atoms with E-state index in [1.807, 2.05) is 7.05 Å². The third kappa shape index (κ3) is 4.00. The molecule has 0 spiro atoms. The molecular formula is C8H16N4O. The normalized spacial score (nSPS) is 10.6. The van der Waals surface area contributed by atoms with Crippen LogP contribution in [0.15, 0.2) is 6.33 Å². The van der Waals surface area contributed by atoms with Crippen molar-refractivity contribution in [1.82, 2.24) is 20.1 Å². The van der Waals surface area contributed by atoms with Gasteiger partial charge in [-0.2, -0.15) is 5.10 Å². The molecule has 0 saturated carbocycles. The predicted octanol–water partition coefficient (Wildman–Crippen LogP) is -0.323. The second-order valence-corrected chi connectivity index (χ2v) is 2.94. The summed E-state index contributed by atoms with van der Waals surface area (Å²) in [5.74, 6) is 0.812. The summed E-state index contributed by atoms with van der Waals surface area (Å²) < 4.78 is 1.69. The van der Waals surface area contributed by atoms with E-state index >= 15 is 0 Å². The Hall–Kier alpha value is -0.940. The van der Waals surface area contributed by atoms with Gasteiger partial charge in [-0.1, -0.05) is 0 Å². The molecule has 0 unspecified atom stereocenters. The van der Waals surface area contributed by atoms with E-state index < -0.39 is 0 Å². The molecule has 0 aromatic carbocycles. The van der Waals surface area contributed by atoms with Crippen molar-refractivity contribution in [2.24, 2.45) is 7.05 Å². The zero-order chi connectivity index (χ0) is 9.52. The second-order valence-electron chi connectivity index (χ2n) is 2.94. The first-order chi connectivity index (χ1) is 6.33. The van der Waals surface area contributed by atoms with Gasteiger partial charge in [-0.3, -0.25) is 4.68 Å². The molecule has 1 aromatic heterocycles. The average Bonchev–Trinajstić information content (AvgIpc) is 2.51. The Balaban J connectivity index is 2.06. The smallest absolute Gasteiger partial charge is 0.164 e. The lowest BCUT2D eigenvalue weighted by atomic mass is 10.3. The number of rotatable bonds is 6. The molecule has 1 heterocycles. The first-order valence-corrected chi connectivity index (χ1v) is 4.49. The molecule has 0 aliphatic heterocycles. The van der Waals surface area contributed by atoms with Crippen molar-refractivity contribution in [1.29, 1.82) is 0 Å². The summed E-state index contributed by atoms with van der Waals surface area (Å²) in [6.07, 6.45) is 3.52. The lowest BCUT2D eigenvalue weighted by Gasteiger charge is -1.99. The molecule has 74 valence electrons. The topological polar surface area (TPSA) is 63.0 Å². The maximum atomic E-state index is 8.53. The van der Waals surface area contributed by atoms with Crippen molar-refractivity contribution < 1.29 is 5.11 Å². The Kier molecular flexibility index (Phi) is 4.42. The van der Waals surface area contributed by atoms with E-state index in [0.717, 1.165) is 25.2 Å². The fraction of sp³-hybridized carbons (Fsp3) is 0.750. The van der Waals surface area contributed by atoms with Crippen molar-refractivity contribution >= 4 is 0 Å². The van der Waals surface area contributed by atoms with E-state index in [1.165, 1.54) is 0 Å². The molecule has 0 fully saturated rings. The largest absolute Gasteiger partial charge is 0.396 e. The molecule has 0 amide bonds.